The molecule has 12 heteroatoms. The lowest BCUT2D eigenvalue weighted by molar-refractivity contribution is 0.100. The molecule has 0 radical (unpaired) electrons. The smallest absolute Gasteiger partial charge is 0.265 e. The molecule has 0 heterocycles. The van der Waals surface area contributed by atoms with Gasteiger partial charge in [-0.05, 0) is 62.7 Å². The van der Waals surface area contributed by atoms with Crippen molar-refractivity contribution in [3.8, 4) is 0 Å². The van der Waals surface area contributed by atoms with Crippen molar-refractivity contribution in [2.24, 2.45) is 0 Å². The summed E-state index contributed by atoms with van der Waals surface area (Å²) in [7, 11) is -13.0. The summed E-state index contributed by atoms with van der Waals surface area (Å²) in [5.41, 5.74) is 1.13. The predicted octanol–water partition coefficient (Wildman–Crippen LogP) is 5.07. The molecule has 4 rings (SSSR count). The Bertz CT molecular complexity index is 1660. The maximum Gasteiger partial charge on any atom is 0.297 e. The van der Waals surface area contributed by atoms with E-state index in [0.29, 0.717) is 5.56 Å². The van der Waals surface area contributed by atoms with Gasteiger partial charge in [0, 0.05) is 0 Å². The minimum atomic E-state index is -4.35. The van der Waals surface area contributed by atoms with Gasteiger partial charge in [-0.15, -0.1) is 0 Å². The van der Waals surface area contributed by atoms with Crippen molar-refractivity contribution in [3.05, 3.63) is 125 Å². The van der Waals surface area contributed by atoms with E-state index in [1.165, 1.54) is 36.4 Å². The van der Waals surface area contributed by atoms with Gasteiger partial charge in [-0.1, -0.05) is 83.4 Å². The highest BCUT2D eigenvalue weighted by atomic mass is 32.2. The SMILES string of the molecule is Cc1ccc(S(=O)(=O)OCC(COS(=O)(=O)c2ccc(C)cc2)(COS(=O)(=O)c2ccc(C)cc2)c2ccccc2)cc1. The zero-order valence-electron chi connectivity index (χ0n) is 23.8. The fraction of sp³-hybridized carbons (Fsp3) is 0.226. The van der Waals surface area contributed by atoms with Gasteiger partial charge < -0.3 is 0 Å². The molecule has 0 fully saturated rings. The second-order valence-electron chi connectivity index (χ2n) is 10.2. The van der Waals surface area contributed by atoms with Crippen LogP contribution in [0, 0.1) is 20.8 Å². The Kier molecular flexibility index (Phi) is 9.90. The van der Waals surface area contributed by atoms with E-state index in [0.717, 1.165) is 16.7 Å². The molecule has 4 aromatic rings. The normalized spacial score (nSPS) is 12.7. The Hall–Kier alpha value is -3.39. The fourth-order valence-corrected chi connectivity index (χ4v) is 7.02. The molecule has 4 aromatic carbocycles. The van der Waals surface area contributed by atoms with Crippen LogP contribution in [0.15, 0.2) is 118 Å². The van der Waals surface area contributed by atoms with Crippen molar-refractivity contribution in [1.29, 1.82) is 0 Å². The van der Waals surface area contributed by atoms with Gasteiger partial charge in [0.25, 0.3) is 30.4 Å². The molecule has 0 aliphatic rings. The summed E-state index contributed by atoms with van der Waals surface area (Å²) >= 11 is 0. The molecule has 0 aliphatic heterocycles. The van der Waals surface area contributed by atoms with Gasteiger partial charge in [-0.25, -0.2) is 0 Å². The van der Waals surface area contributed by atoms with Crippen LogP contribution in [0.25, 0.3) is 0 Å². The van der Waals surface area contributed by atoms with E-state index < -0.39 is 55.6 Å². The monoisotopic (exact) mass is 644 g/mol. The fourth-order valence-electron chi connectivity index (χ4n) is 4.06. The average molecular weight is 645 g/mol. The highest BCUT2D eigenvalue weighted by molar-refractivity contribution is 7.87. The Labute approximate surface area is 253 Å². The standard InChI is InChI=1S/C31H32O9S3/c1-24-9-15-28(16-10-24)41(32,33)38-21-31(27-7-5-4-6-8-27,22-39-42(34,35)29-17-11-25(2)12-18-29)23-40-43(36,37)30-19-13-26(3)14-20-30/h4-20H,21-23H2,1-3H3. The van der Waals surface area contributed by atoms with Gasteiger partial charge in [0.15, 0.2) is 0 Å². The highest BCUT2D eigenvalue weighted by Gasteiger charge is 2.40. The van der Waals surface area contributed by atoms with Gasteiger partial charge in [0.1, 0.15) is 0 Å². The van der Waals surface area contributed by atoms with Crippen molar-refractivity contribution in [2.75, 3.05) is 19.8 Å². The predicted molar refractivity (Wildman–Crippen MR) is 161 cm³/mol. The van der Waals surface area contributed by atoms with Crippen LogP contribution in [0.4, 0.5) is 0 Å². The molecule has 0 aliphatic carbocycles. The lowest BCUT2D eigenvalue weighted by Crippen LogP contribution is -2.43. The molecule has 9 nitrogen and oxygen atoms in total. The molecule has 0 unspecified atom stereocenters. The summed E-state index contributed by atoms with van der Waals surface area (Å²) in [4.78, 5) is -0.371. The summed E-state index contributed by atoms with van der Waals surface area (Å²) in [6.45, 7) is 3.32. The molecule has 228 valence electrons. The minimum absolute atomic E-state index is 0.124. The molecule has 0 saturated heterocycles. The molecule has 0 amide bonds. The van der Waals surface area contributed by atoms with Gasteiger partial charge in [0.2, 0.25) is 0 Å². The van der Waals surface area contributed by atoms with Crippen LogP contribution >= 0.6 is 0 Å². The highest BCUT2D eigenvalue weighted by Crippen LogP contribution is 2.31. The van der Waals surface area contributed by atoms with E-state index in [9.17, 15) is 25.3 Å². The maximum atomic E-state index is 13.2. The number of rotatable bonds is 13. The van der Waals surface area contributed by atoms with E-state index in [1.54, 1.807) is 87.5 Å². The summed E-state index contributed by atoms with van der Waals surface area (Å²) in [5, 5.41) is 0. The molecule has 0 N–H and O–H groups in total. The third-order valence-corrected chi connectivity index (χ3v) is 10.6. The van der Waals surface area contributed by atoms with Crippen LogP contribution in [0.5, 0.6) is 0 Å². The van der Waals surface area contributed by atoms with Crippen molar-refractivity contribution in [2.45, 2.75) is 40.9 Å². The van der Waals surface area contributed by atoms with Crippen molar-refractivity contribution >= 4 is 30.4 Å². The average Bonchev–Trinajstić information content (AvgIpc) is 2.98. The van der Waals surface area contributed by atoms with Gasteiger partial charge in [-0.3, -0.25) is 12.5 Å². The molecular formula is C31H32O9S3. The van der Waals surface area contributed by atoms with E-state index >= 15 is 0 Å². The van der Waals surface area contributed by atoms with Gasteiger partial charge in [0.05, 0.1) is 39.9 Å². The topological polar surface area (TPSA) is 130 Å². The van der Waals surface area contributed by atoms with Crippen LogP contribution in [0.3, 0.4) is 0 Å². The zero-order chi connectivity index (χ0) is 31.3. The quantitative estimate of drug-likeness (QED) is 0.183. The van der Waals surface area contributed by atoms with Crippen LogP contribution < -0.4 is 0 Å². The Morgan fingerprint density at radius 1 is 0.442 bits per heavy atom. The molecule has 0 bridgehead atoms. The van der Waals surface area contributed by atoms with E-state index in [-0.39, 0.29) is 14.7 Å². The van der Waals surface area contributed by atoms with Gasteiger partial charge >= 0.3 is 0 Å². The molecule has 0 atom stereocenters. The van der Waals surface area contributed by atoms with Gasteiger partial charge in [-0.2, -0.15) is 25.3 Å². The Balaban J connectivity index is 1.74. The summed E-state index contributed by atoms with van der Waals surface area (Å²) < 4.78 is 95.6. The van der Waals surface area contributed by atoms with E-state index in [1.807, 2.05) is 0 Å². The lowest BCUT2D eigenvalue weighted by Gasteiger charge is -2.32. The second-order valence-corrected chi connectivity index (χ2v) is 15.1. The lowest BCUT2D eigenvalue weighted by atomic mass is 9.83. The number of hydrogen-bond acceptors (Lipinski definition) is 9. The number of hydrogen-bond donors (Lipinski definition) is 0. The first-order valence-electron chi connectivity index (χ1n) is 13.2. The zero-order valence-corrected chi connectivity index (χ0v) is 26.3. The Morgan fingerprint density at radius 3 is 1.00 bits per heavy atom. The van der Waals surface area contributed by atoms with Crippen LogP contribution in [0.1, 0.15) is 22.3 Å². The third-order valence-electron chi connectivity index (χ3n) is 6.79. The van der Waals surface area contributed by atoms with Crippen molar-refractivity contribution in [1.82, 2.24) is 0 Å². The van der Waals surface area contributed by atoms with Crippen LogP contribution in [-0.2, 0) is 48.3 Å². The summed E-state index contributed by atoms with van der Waals surface area (Å²) in [6.07, 6.45) is 0. The summed E-state index contributed by atoms with van der Waals surface area (Å²) in [5.74, 6) is 0. The first-order chi connectivity index (χ1) is 20.2. The molecular weight excluding hydrogens is 613 g/mol. The largest absolute Gasteiger partial charge is 0.297 e. The molecule has 0 spiro atoms. The maximum absolute atomic E-state index is 13.2. The van der Waals surface area contributed by atoms with Crippen LogP contribution in [0.2, 0.25) is 0 Å². The Morgan fingerprint density at radius 2 is 0.721 bits per heavy atom. The number of aryl methyl sites for hydroxylation is 3. The molecule has 0 saturated carbocycles. The van der Waals surface area contributed by atoms with E-state index in [2.05, 4.69) is 0 Å². The van der Waals surface area contributed by atoms with E-state index in [4.69, 9.17) is 12.5 Å². The minimum Gasteiger partial charge on any atom is -0.265 e. The molecule has 0 aromatic heterocycles. The first kappa shape index (κ1) is 32.5. The number of benzene rings is 4. The summed E-state index contributed by atoms with van der Waals surface area (Å²) in [6, 6.07) is 26.1. The first-order valence-corrected chi connectivity index (χ1v) is 17.4. The third kappa shape index (κ3) is 8.17. The van der Waals surface area contributed by atoms with Crippen molar-refractivity contribution < 1.29 is 37.8 Å². The van der Waals surface area contributed by atoms with Crippen LogP contribution in [-0.4, -0.2) is 45.1 Å². The molecule has 43 heavy (non-hydrogen) atoms. The second kappa shape index (κ2) is 13.1. The van der Waals surface area contributed by atoms with Crippen molar-refractivity contribution in [3.63, 3.8) is 0 Å².